The van der Waals surface area contributed by atoms with Gasteiger partial charge in [0.25, 0.3) is 11.8 Å². The lowest BCUT2D eigenvalue weighted by Gasteiger charge is -2.34. The average Bonchev–Trinajstić information content (AvgIpc) is 3.17. The number of hydrogen-bond donors (Lipinski definition) is 1. The largest absolute Gasteiger partial charge is 0.496 e. The lowest BCUT2D eigenvalue weighted by Crippen LogP contribution is -2.50. The van der Waals surface area contributed by atoms with Gasteiger partial charge in [0.2, 0.25) is 0 Å². The van der Waals surface area contributed by atoms with Crippen LogP contribution in [-0.4, -0.2) is 54.9 Å². The minimum atomic E-state index is -0.205. The molecule has 140 valence electrons. The summed E-state index contributed by atoms with van der Waals surface area (Å²) >= 11 is 6.03. The standard InChI is InChI=1S/C17H18ClN3O4.ClH/c1-24-15-10-13(19)12(18)9-11(15)16(22)20-4-6-21(7-5-20)17(23)14-3-2-8-25-14;/h2-3,8-10H,4-7,19H2,1H3;1H. The number of ether oxygens (including phenoxy) is 1. The Morgan fingerprint density at radius 3 is 2.31 bits per heavy atom. The summed E-state index contributed by atoms with van der Waals surface area (Å²) in [7, 11) is 1.47. The van der Waals surface area contributed by atoms with Gasteiger partial charge in [-0.05, 0) is 18.2 Å². The number of nitrogens with zero attached hydrogens (tertiary/aromatic N) is 2. The number of nitrogen functional groups attached to an aromatic ring is 1. The maximum Gasteiger partial charge on any atom is 0.289 e. The van der Waals surface area contributed by atoms with E-state index in [2.05, 4.69) is 0 Å². The van der Waals surface area contributed by atoms with E-state index in [9.17, 15) is 9.59 Å². The van der Waals surface area contributed by atoms with Crippen molar-refractivity contribution in [2.24, 2.45) is 0 Å². The van der Waals surface area contributed by atoms with Crippen LogP contribution in [0.3, 0.4) is 0 Å². The Morgan fingerprint density at radius 2 is 1.77 bits per heavy atom. The van der Waals surface area contributed by atoms with E-state index in [0.717, 1.165) is 0 Å². The number of amides is 2. The minimum absolute atomic E-state index is 0. The molecule has 0 saturated carbocycles. The van der Waals surface area contributed by atoms with Crippen LogP contribution in [0.2, 0.25) is 5.02 Å². The van der Waals surface area contributed by atoms with E-state index in [0.29, 0.717) is 54.0 Å². The Morgan fingerprint density at radius 1 is 1.15 bits per heavy atom. The van der Waals surface area contributed by atoms with Gasteiger partial charge in [-0.1, -0.05) is 11.6 Å². The van der Waals surface area contributed by atoms with Crippen LogP contribution in [0.5, 0.6) is 5.75 Å². The second-order valence-corrected chi connectivity index (χ2v) is 6.04. The molecule has 1 fully saturated rings. The Hall–Kier alpha value is -2.38. The van der Waals surface area contributed by atoms with Gasteiger partial charge in [-0.3, -0.25) is 9.59 Å². The van der Waals surface area contributed by atoms with Crippen LogP contribution in [0.15, 0.2) is 34.9 Å². The van der Waals surface area contributed by atoms with E-state index in [-0.39, 0.29) is 24.2 Å². The van der Waals surface area contributed by atoms with Gasteiger partial charge in [0.1, 0.15) is 5.75 Å². The Bertz CT molecular complexity index is 788. The molecule has 1 aliphatic heterocycles. The molecule has 0 aliphatic carbocycles. The zero-order valence-corrected chi connectivity index (χ0v) is 15.7. The highest BCUT2D eigenvalue weighted by molar-refractivity contribution is 6.33. The van der Waals surface area contributed by atoms with Crippen LogP contribution in [0.1, 0.15) is 20.9 Å². The summed E-state index contributed by atoms with van der Waals surface area (Å²) in [5.74, 6) is 0.293. The molecule has 2 aromatic rings. The first-order chi connectivity index (χ1) is 12.0. The molecular weight excluding hydrogens is 381 g/mol. The maximum atomic E-state index is 12.8. The fraction of sp³-hybridized carbons (Fsp3) is 0.294. The summed E-state index contributed by atoms with van der Waals surface area (Å²) < 4.78 is 10.4. The van der Waals surface area contributed by atoms with Crippen molar-refractivity contribution in [1.29, 1.82) is 0 Å². The topological polar surface area (TPSA) is 89.0 Å². The lowest BCUT2D eigenvalue weighted by atomic mass is 10.1. The summed E-state index contributed by atoms with van der Waals surface area (Å²) in [4.78, 5) is 28.4. The van der Waals surface area contributed by atoms with E-state index in [4.69, 9.17) is 26.5 Å². The molecule has 2 N–H and O–H groups in total. The monoisotopic (exact) mass is 399 g/mol. The summed E-state index contributed by atoms with van der Waals surface area (Å²) in [6.07, 6.45) is 1.46. The molecule has 0 spiro atoms. The molecule has 1 aromatic carbocycles. The molecule has 1 aliphatic rings. The van der Waals surface area contributed by atoms with Crippen LogP contribution in [0.25, 0.3) is 0 Å². The van der Waals surface area contributed by atoms with E-state index >= 15 is 0 Å². The number of benzene rings is 1. The number of carbonyl (C=O) groups is 2. The molecule has 1 saturated heterocycles. The quantitative estimate of drug-likeness (QED) is 0.800. The summed E-state index contributed by atoms with van der Waals surface area (Å²) in [5.41, 5.74) is 6.46. The first-order valence-corrected chi connectivity index (χ1v) is 8.14. The molecule has 7 nitrogen and oxygen atoms in total. The molecule has 1 aromatic heterocycles. The van der Waals surface area contributed by atoms with Crippen LogP contribution in [0.4, 0.5) is 5.69 Å². The average molecular weight is 400 g/mol. The first kappa shape index (κ1) is 19.9. The van der Waals surface area contributed by atoms with Gasteiger partial charge in [-0.15, -0.1) is 12.4 Å². The molecule has 0 radical (unpaired) electrons. The van der Waals surface area contributed by atoms with Crippen molar-refractivity contribution in [3.63, 3.8) is 0 Å². The minimum Gasteiger partial charge on any atom is -0.496 e. The van der Waals surface area contributed by atoms with Gasteiger partial charge in [0.15, 0.2) is 5.76 Å². The van der Waals surface area contributed by atoms with Gasteiger partial charge in [-0.25, -0.2) is 0 Å². The highest BCUT2D eigenvalue weighted by Gasteiger charge is 2.28. The third-order valence-electron chi connectivity index (χ3n) is 4.14. The second kappa shape index (κ2) is 8.33. The van der Waals surface area contributed by atoms with Gasteiger partial charge in [0, 0.05) is 32.2 Å². The fourth-order valence-electron chi connectivity index (χ4n) is 2.74. The SMILES string of the molecule is COc1cc(N)c(Cl)cc1C(=O)N1CCN(C(=O)c2ccco2)CC1.Cl. The number of halogens is 2. The van der Waals surface area contributed by atoms with E-state index in [1.54, 1.807) is 21.9 Å². The second-order valence-electron chi connectivity index (χ2n) is 5.64. The number of furan rings is 1. The predicted octanol–water partition coefficient (Wildman–Crippen LogP) is 2.54. The molecule has 0 bridgehead atoms. The van der Waals surface area contributed by atoms with Crippen molar-refractivity contribution < 1.29 is 18.7 Å². The molecule has 9 heteroatoms. The molecule has 2 heterocycles. The summed E-state index contributed by atoms with van der Waals surface area (Å²) in [5, 5.41) is 0.302. The highest BCUT2D eigenvalue weighted by Crippen LogP contribution is 2.30. The zero-order chi connectivity index (χ0) is 18.0. The maximum absolute atomic E-state index is 12.8. The van der Waals surface area contributed by atoms with E-state index < -0.39 is 0 Å². The van der Waals surface area contributed by atoms with Crippen molar-refractivity contribution in [2.45, 2.75) is 0 Å². The van der Waals surface area contributed by atoms with Gasteiger partial charge >= 0.3 is 0 Å². The van der Waals surface area contributed by atoms with Crippen LogP contribution in [0, 0.1) is 0 Å². The fourth-order valence-corrected chi connectivity index (χ4v) is 2.91. The number of methoxy groups -OCH3 is 1. The number of hydrogen-bond acceptors (Lipinski definition) is 5. The normalized spacial score (nSPS) is 13.9. The zero-order valence-electron chi connectivity index (χ0n) is 14.1. The van der Waals surface area contributed by atoms with Crippen molar-refractivity contribution in [1.82, 2.24) is 9.80 Å². The number of nitrogens with two attached hydrogens (primary N) is 1. The summed E-state index contributed by atoms with van der Waals surface area (Å²) in [6, 6.07) is 6.34. The van der Waals surface area contributed by atoms with E-state index in [1.807, 2.05) is 0 Å². The van der Waals surface area contributed by atoms with Gasteiger partial charge in [-0.2, -0.15) is 0 Å². The van der Waals surface area contributed by atoms with Crippen LogP contribution >= 0.6 is 24.0 Å². The van der Waals surface area contributed by atoms with Crippen molar-refractivity contribution in [3.05, 3.63) is 46.9 Å². The molecule has 2 amide bonds. The molecule has 0 unspecified atom stereocenters. The molecule has 26 heavy (non-hydrogen) atoms. The molecular formula is C17H19Cl2N3O4. The Labute approximate surface area is 162 Å². The van der Waals surface area contributed by atoms with Gasteiger partial charge in [0.05, 0.1) is 29.6 Å². The van der Waals surface area contributed by atoms with Crippen LogP contribution < -0.4 is 10.5 Å². The van der Waals surface area contributed by atoms with Crippen molar-refractivity contribution in [3.8, 4) is 5.75 Å². The third-order valence-corrected chi connectivity index (χ3v) is 4.46. The lowest BCUT2D eigenvalue weighted by molar-refractivity contribution is 0.0516. The van der Waals surface area contributed by atoms with Crippen molar-refractivity contribution in [2.75, 3.05) is 39.0 Å². The Kier molecular flexibility index (Phi) is 6.39. The smallest absolute Gasteiger partial charge is 0.289 e. The number of piperazine rings is 1. The first-order valence-electron chi connectivity index (χ1n) is 7.76. The summed E-state index contributed by atoms with van der Waals surface area (Å²) in [6.45, 7) is 1.68. The highest BCUT2D eigenvalue weighted by atomic mass is 35.5. The van der Waals surface area contributed by atoms with Gasteiger partial charge < -0.3 is 24.7 Å². The van der Waals surface area contributed by atoms with E-state index in [1.165, 1.54) is 25.5 Å². The number of rotatable bonds is 3. The van der Waals surface area contributed by atoms with Crippen molar-refractivity contribution >= 4 is 41.5 Å². The number of carbonyl (C=O) groups excluding carboxylic acids is 2. The molecule has 0 atom stereocenters. The Balaban J connectivity index is 0.00000243. The third kappa shape index (κ3) is 3.89. The molecule has 3 rings (SSSR count). The predicted molar refractivity (Wildman–Crippen MR) is 100 cm³/mol. The van der Waals surface area contributed by atoms with Crippen LogP contribution in [-0.2, 0) is 0 Å². The number of anilines is 1.